The van der Waals surface area contributed by atoms with Gasteiger partial charge in [-0.1, -0.05) is 25.7 Å². The number of fused-ring (bicyclic) bond motifs is 3. The molecule has 5 rings (SSSR count). The van der Waals surface area contributed by atoms with Gasteiger partial charge in [-0.25, -0.2) is 0 Å². The summed E-state index contributed by atoms with van der Waals surface area (Å²) >= 11 is 0. The van der Waals surface area contributed by atoms with Gasteiger partial charge in [0.15, 0.2) is 0 Å². The number of hydrogen-bond donors (Lipinski definition) is 2. The molecule has 0 spiro atoms. The number of rotatable bonds is 8. The van der Waals surface area contributed by atoms with Gasteiger partial charge in [-0.3, -0.25) is 0 Å². The summed E-state index contributed by atoms with van der Waals surface area (Å²) in [7, 11) is 0. The molecule has 0 aromatic heterocycles. The van der Waals surface area contributed by atoms with Crippen LogP contribution in [0, 0.1) is 40.9 Å². The molecule has 0 heterocycles. The molecule has 4 heteroatoms. The Balaban J connectivity index is 1.40. The molecule has 5 saturated carbocycles. The lowest BCUT2D eigenvalue weighted by Gasteiger charge is -2.57. The Morgan fingerprint density at radius 1 is 0.515 bits per heavy atom. The van der Waals surface area contributed by atoms with E-state index in [1.54, 1.807) is 0 Å². The van der Waals surface area contributed by atoms with E-state index in [9.17, 15) is 10.2 Å². The van der Waals surface area contributed by atoms with Crippen LogP contribution in [0.4, 0.5) is 0 Å². The van der Waals surface area contributed by atoms with Crippen molar-refractivity contribution in [3.05, 3.63) is 0 Å². The molecular weight excluding hydrogens is 412 g/mol. The fourth-order valence-electron chi connectivity index (χ4n) is 10.3. The van der Waals surface area contributed by atoms with E-state index in [0.717, 1.165) is 35.5 Å². The van der Waals surface area contributed by atoms with Gasteiger partial charge in [0.05, 0.1) is 38.6 Å². The number of aliphatic hydroxyl groups is 2. The maximum atomic E-state index is 9.22. The van der Waals surface area contributed by atoms with Gasteiger partial charge in [0.1, 0.15) is 0 Å². The first-order chi connectivity index (χ1) is 16.3. The minimum absolute atomic E-state index is 0.152. The molecule has 0 saturated heterocycles. The third-order valence-corrected chi connectivity index (χ3v) is 11.1. The second-order valence-corrected chi connectivity index (χ2v) is 12.2. The first-order valence-electron chi connectivity index (χ1n) is 14.7. The lowest BCUT2D eigenvalue weighted by molar-refractivity contribution is -0.105. The highest BCUT2D eigenvalue weighted by atomic mass is 16.5. The van der Waals surface area contributed by atoms with Gasteiger partial charge in [0, 0.05) is 0 Å². The van der Waals surface area contributed by atoms with Crippen molar-refractivity contribution in [3.63, 3.8) is 0 Å². The third-order valence-electron chi connectivity index (χ3n) is 11.1. The summed E-state index contributed by atoms with van der Waals surface area (Å²) in [5, 5.41) is 18.4. The van der Waals surface area contributed by atoms with E-state index in [4.69, 9.17) is 9.47 Å². The summed E-state index contributed by atoms with van der Waals surface area (Å²) in [5.74, 6) is 5.72. The molecular formula is C29H50O4. The van der Waals surface area contributed by atoms with Crippen molar-refractivity contribution in [2.75, 3.05) is 26.4 Å². The summed E-state index contributed by atoms with van der Waals surface area (Å²) < 4.78 is 12.0. The van der Waals surface area contributed by atoms with Crippen molar-refractivity contribution in [2.45, 2.75) is 115 Å². The minimum atomic E-state index is 0.152. The Bertz CT molecular complexity index is 540. The summed E-state index contributed by atoms with van der Waals surface area (Å²) in [4.78, 5) is 0. The van der Waals surface area contributed by atoms with Crippen LogP contribution in [0.2, 0.25) is 0 Å². The lowest BCUT2D eigenvalue weighted by atomic mass is 9.48. The molecule has 0 radical (unpaired) electrons. The van der Waals surface area contributed by atoms with Gasteiger partial charge >= 0.3 is 0 Å². The SMILES string of the molecule is OCCOC1CCC(C2(C3CCC(OCCO)CC3)C3CCCCC3[C@@H]3CCCCC32)CC1. The predicted molar refractivity (Wildman–Crippen MR) is 131 cm³/mol. The zero-order chi connectivity index (χ0) is 22.7. The number of aliphatic hydroxyl groups excluding tert-OH is 2. The molecule has 2 N–H and O–H groups in total. The molecule has 0 aromatic carbocycles. The van der Waals surface area contributed by atoms with E-state index in [1.807, 2.05) is 0 Å². The summed E-state index contributed by atoms with van der Waals surface area (Å²) in [6.45, 7) is 1.32. The normalized spacial score (nSPS) is 46.0. The molecule has 0 aromatic rings. The average Bonchev–Trinajstić information content (AvgIpc) is 3.18. The first-order valence-corrected chi connectivity index (χ1v) is 14.7. The monoisotopic (exact) mass is 462 g/mol. The molecule has 0 aliphatic heterocycles. The van der Waals surface area contributed by atoms with Crippen LogP contribution in [0.5, 0.6) is 0 Å². The Labute approximate surface area is 202 Å². The van der Waals surface area contributed by atoms with Crippen molar-refractivity contribution in [2.24, 2.45) is 40.9 Å². The first kappa shape index (κ1) is 24.5. The molecule has 4 nitrogen and oxygen atoms in total. The minimum Gasteiger partial charge on any atom is -0.394 e. The van der Waals surface area contributed by atoms with Crippen LogP contribution in [-0.2, 0) is 9.47 Å². The van der Waals surface area contributed by atoms with Crippen LogP contribution in [0.3, 0.4) is 0 Å². The predicted octanol–water partition coefficient (Wildman–Crippen LogP) is 5.73. The van der Waals surface area contributed by atoms with E-state index in [2.05, 4.69) is 0 Å². The molecule has 3 unspecified atom stereocenters. The van der Waals surface area contributed by atoms with E-state index in [-0.39, 0.29) is 13.2 Å². The highest BCUT2D eigenvalue weighted by Gasteiger charge is 2.65. The van der Waals surface area contributed by atoms with Gasteiger partial charge < -0.3 is 19.7 Å². The van der Waals surface area contributed by atoms with Gasteiger partial charge in [-0.05, 0) is 118 Å². The van der Waals surface area contributed by atoms with Gasteiger partial charge in [0.25, 0.3) is 0 Å². The molecule has 5 aliphatic rings. The van der Waals surface area contributed by atoms with Gasteiger partial charge in [-0.2, -0.15) is 0 Å². The van der Waals surface area contributed by atoms with Gasteiger partial charge in [-0.15, -0.1) is 0 Å². The van der Waals surface area contributed by atoms with Gasteiger partial charge in [0.2, 0.25) is 0 Å². The molecule has 5 fully saturated rings. The van der Waals surface area contributed by atoms with E-state index < -0.39 is 0 Å². The smallest absolute Gasteiger partial charge is 0.0701 e. The van der Waals surface area contributed by atoms with Crippen molar-refractivity contribution in [3.8, 4) is 0 Å². The fourth-order valence-corrected chi connectivity index (χ4v) is 10.3. The van der Waals surface area contributed by atoms with Crippen molar-refractivity contribution in [1.29, 1.82) is 0 Å². The standard InChI is InChI=1S/C29H50O4/c30-17-19-32-23-13-9-21(10-14-23)29(22-11-15-24(16-12-22)33-20-18-31)27-7-3-1-5-25(27)26-6-2-4-8-28(26)29/h21-28,30-31H,1-20H2/t21?,22?,23?,24?,25-,26?,27?,28?,29?/m0/s1. The maximum absolute atomic E-state index is 9.22. The number of ether oxygens (including phenoxy) is 2. The van der Waals surface area contributed by atoms with Crippen LogP contribution in [0.25, 0.3) is 0 Å². The number of hydrogen-bond acceptors (Lipinski definition) is 4. The van der Waals surface area contributed by atoms with Crippen LogP contribution in [0.15, 0.2) is 0 Å². The molecule has 0 amide bonds. The molecule has 190 valence electrons. The van der Waals surface area contributed by atoms with E-state index in [0.29, 0.717) is 30.8 Å². The summed E-state index contributed by atoms with van der Waals surface area (Å²) in [6, 6.07) is 0. The Morgan fingerprint density at radius 3 is 1.30 bits per heavy atom. The second-order valence-electron chi connectivity index (χ2n) is 12.2. The molecule has 33 heavy (non-hydrogen) atoms. The maximum Gasteiger partial charge on any atom is 0.0701 e. The Morgan fingerprint density at radius 2 is 0.909 bits per heavy atom. The Hall–Kier alpha value is -0.160. The van der Waals surface area contributed by atoms with Crippen molar-refractivity contribution < 1.29 is 19.7 Å². The van der Waals surface area contributed by atoms with Crippen molar-refractivity contribution in [1.82, 2.24) is 0 Å². The highest BCUT2D eigenvalue weighted by molar-refractivity contribution is 5.13. The third kappa shape index (κ3) is 4.68. The van der Waals surface area contributed by atoms with Crippen LogP contribution in [0.1, 0.15) is 103 Å². The topological polar surface area (TPSA) is 58.9 Å². The highest BCUT2D eigenvalue weighted by Crippen LogP contribution is 2.71. The zero-order valence-electron chi connectivity index (χ0n) is 21.0. The van der Waals surface area contributed by atoms with Crippen LogP contribution < -0.4 is 0 Å². The lowest BCUT2D eigenvalue weighted by Crippen LogP contribution is -2.51. The quantitative estimate of drug-likeness (QED) is 0.483. The second kappa shape index (κ2) is 11.3. The molecule has 4 atom stereocenters. The Kier molecular flexibility index (Phi) is 8.38. The summed E-state index contributed by atoms with van der Waals surface area (Å²) in [6.07, 6.45) is 22.9. The van der Waals surface area contributed by atoms with E-state index in [1.165, 1.54) is 103 Å². The molecule has 0 bridgehead atoms. The fraction of sp³-hybridized carbons (Fsp3) is 1.00. The average molecular weight is 463 g/mol. The van der Waals surface area contributed by atoms with Crippen molar-refractivity contribution >= 4 is 0 Å². The van der Waals surface area contributed by atoms with Crippen LogP contribution in [-0.4, -0.2) is 48.8 Å². The van der Waals surface area contributed by atoms with Crippen LogP contribution >= 0.6 is 0 Å². The summed E-state index contributed by atoms with van der Waals surface area (Å²) in [5.41, 5.74) is 0.570. The van der Waals surface area contributed by atoms with E-state index >= 15 is 0 Å². The largest absolute Gasteiger partial charge is 0.394 e. The zero-order valence-corrected chi connectivity index (χ0v) is 21.0. The molecule has 5 aliphatic carbocycles.